The first kappa shape index (κ1) is 27.0. The molecule has 5 rings (SSSR count). The zero-order chi connectivity index (χ0) is 26.7. The number of benzene rings is 2. The number of carbonyl (C=O) groups is 1. The molecule has 0 aliphatic carbocycles. The summed E-state index contributed by atoms with van der Waals surface area (Å²) >= 11 is 7.56. The van der Waals surface area contributed by atoms with Crippen molar-refractivity contribution in [2.75, 3.05) is 26.5 Å². The van der Waals surface area contributed by atoms with E-state index in [0.717, 1.165) is 28.8 Å². The molecular formula is C27H29ClN2O6S2. The largest absolute Gasteiger partial charge is 0.454 e. The normalized spacial score (nSPS) is 16.8. The minimum atomic E-state index is -3.97. The highest BCUT2D eigenvalue weighted by Crippen LogP contribution is 2.33. The van der Waals surface area contributed by atoms with Gasteiger partial charge >= 0.3 is 0 Å². The standard InChI is InChI=1S/C27H29ClN2O6S2/c1-19-10-12-37-26(19)16-29(14-20-4-9-24-25(13-20)36-18-35-24)27(31)17-30(15-22-3-2-11-34-22)38(32,33)23-7-5-21(28)6-8-23/h4-10,12-13,22H,2-3,11,14-18H2,1H3. The summed E-state index contributed by atoms with van der Waals surface area (Å²) in [4.78, 5) is 16.7. The van der Waals surface area contributed by atoms with Gasteiger partial charge in [-0.25, -0.2) is 8.42 Å². The number of ether oxygens (including phenoxy) is 3. The van der Waals surface area contributed by atoms with E-state index in [2.05, 4.69) is 0 Å². The van der Waals surface area contributed by atoms with E-state index in [-0.39, 0.29) is 36.8 Å². The molecule has 1 amide bonds. The van der Waals surface area contributed by atoms with Crippen LogP contribution in [0, 0.1) is 6.92 Å². The Morgan fingerprint density at radius 1 is 1.08 bits per heavy atom. The van der Waals surface area contributed by atoms with Crippen LogP contribution in [0.5, 0.6) is 11.5 Å². The van der Waals surface area contributed by atoms with Gasteiger partial charge in [0.2, 0.25) is 22.7 Å². The molecule has 0 radical (unpaired) electrons. The summed E-state index contributed by atoms with van der Waals surface area (Å²) in [6, 6.07) is 13.6. The van der Waals surface area contributed by atoms with Crippen molar-refractivity contribution in [1.29, 1.82) is 0 Å². The van der Waals surface area contributed by atoms with Crippen molar-refractivity contribution in [2.24, 2.45) is 0 Å². The second kappa shape index (κ2) is 11.6. The predicted molar refractivity (Wildman–Crippen MR) is 145 cm³/mol. The Morgan fingerprint density at radius 3 is 2.58 bits per heavy atom. The van der Waals surface area contributed by atoms with Crippen LogP contribution in [0.15, 0.2) is 58.8 Å². The quantitative estimate of drug-likeness (QED) is 0.343. The van der Waals surface area contributed by atoms with Crippen molar-refractivity contribution >= 4 is 38.9 Å². The van der Waals surface area contributed by atoms with Crippen LogP contribution in [0.3, 0.4) is 0 Å². The van der Waals surface area contributed by atoms with Crippen molar-refractivity contribution in [1.82, 2.24) is 9.21 Å². The molecule has 3 aromatic rings. The van der Waals surface area contributed by atoms with Crippen LogP contribution in [-0.4, -0.2) is 56.1 Å². The van der Waals surface area contributed by atoms with E-state index in [1.54, 1.807) is 16.2 Å². The molecular weight excluding hydrogens is 548 g/mol. The Kier molecular flexibility index (Phi) is 8.25. The lowest BCUT2D eigenvalue weighted by Crippen LogP contribution is -2.45. The number of nitrogens with zero attached hydrogens (tertiary/aromatic N) is 2. The van der Waals surface area contributed by atoms with Crippen LogP contribution >= 0.6 is 22.9 Å². The zero-order valence-electron chi connectivity index (χ0n) is 21.0. The smallest absolute Gasteiger partial charge is 0.243 e. The first-order valence-corrected chi connectivity index (χ1v) is 15.1. The van der Waals surface area contributed by atoms with Gasteiger partial charge in [0, 0.05) is 29.6 Å². The Balaban J connectivity index is 1.42. The predicted octanol–water partition coefficient (Wildman–Crippen LogP) is 4.84. The molecule has 11 heteroatoms. The van der Waals surface area contributed by atoms with Gasteiger partial charge in [0.25, 0.3) is 0 Å². The van der Waals surface area contributed by atoms with Gasteiger partial charge < -0.3 is 19.1 Å². The summed E-state index contributed by atoms with van der Waals surface area (Å²) in [5.41, 5.74) is 1.95. The summed E-state index contributed by atoms with van der Waals surface area (Å²) in [6.45, 7) is 3.21. The SMILES string of the molecule is Cc1ccsc1CN(Cc1ccc2c(c1)OCO2)C(=O)CN(CC1CCCO1)S(=O)(=O)c1ccc(Cl)cc1. The van der Waals surface area contributed by atoms with E-state index in [1.165, 1.54) is 28.6 Å². The molecule has 1 aromatic heterocycles. The summed E-state index contributed by atoms with van der Waals surface area (Å²) in [7, 11) is -3.97. The van der Waals surface area contributed by atoms with Gasteiger partial charge in [-0.15, -0.1) is 11.3 Å². The van der Waals surface area contributed by atoms with Crippen LogP contribution in [0.25, 0.3) is 0 Å². The molecule has 38 heavy (non-hydrogen) atoms. The van der Waals surface area contributed by atoms with Gasteiger partial charge in [0.1, 0.15) is 0 Å². The molecule has 0 bridgehead atoms. The molecule has 1 saturated heterocycles. The highest BCUT2D eigenvalue weighted by molar-refractivity contribution is 7.89. The molecule has 0 saturated carbocycles. The molecule has 2 aliphatic heterocycles. The lowest BCUT2D eigenvalue weighted by atomic mass is 10.1. The highest BCUT2D eigenvalue weighted by atomic mass is 35.5. The zero-order valence-corrected chi connectivity index (χ0v) is 23.4. The van der Waals surface area contributed by atoms with Crippen LogP contribution in [-0.2, 0) is 32.6 Å². The first-order chi connectivity index (χ1) is 18.3. The second-order valence-electron chi connectivity index (χ2n) is 9.35. The Morgan fingerprint density at radius 2 is 1.87 bits per heavy atom. The molecule has 1 unspecified atom stereocenters. The van der Waals surface area contributed by atoms with Crippen LogP contribution in [0.4, 0.5) is 0 Å². The third-order valence-corrected chi connectivity index (χ3v) is 9.75. The number of rotatable bonds is 10. The maximum Gasteiger partial charge on any atom is 0.243 e. The second-order valence-corrected chi connectivity index (χ2v) is 12.7. The molecule has 1 atom stereocenters. The van der Waals surface area contributed by atoms with Crippen LogP contribution < -0.4 is 9.47 Å². The first-order valence-electron chi connectivity index (χ1n) is 12.4. The van der Waals surface area contributed by atoms with Crippen LogP contribution in [0.2, 0.25) is 5.02 Å². The molecule has 0 spiro atoms. The van der Waals surface area contributed by atoms with Crippen molar-refractivity contribution < 1.29 is 27.4 Å². The van der Waals surface area contributed by atoms with E-state index >= 15 is 0 Å². The van der Waals surface area contributed by atoms with E-state index in [4.69, 9.17) is 25.8 Å². The molecule has 2 aromatic carbocycles. The summed E-state index contributed by atoms with van der Waals surface area (Å²) in [6.07, 6.45) is 1.35. The third kappa shape index (κ3) is 6.16. The molecule has 3 heterocycles. The molecule has 0 N–H and O–H groups in total. The van der Waals surface area contributed by atoms with Crippen molar-refractivity contribution in [3.05, 3.63) is 74.9 Å². The average molecular weight is 577 g/mol. The summed E-state index contributed by atoms with van der Waals surface area (Å²) in [5.74, 6) is 0.996. The maximum absolute atomic E-state index is 13.8. The number of aryl methyl sites for hydroxylation is 1. The van der Waals surface area contributed by atoms with Gasteiger partial charge in [0.15, 0.2) is 11.5 Å². The van der Waals surface area contributed by atoms with Crippen LogP contribution in [0.1, 0.15) is 28.8 Å². The average Bonchev–Trinajstić information content (AvgIpc) is 3.66. The van der Waals surface area contributed by atoms with Crippen molar-refractivity contribution in [3.63, 3.8) is 0 Å². The Labute approximate surface area is 231 Å². The number of thiophene rings is 1. The number of amides is 1. The molecule has 2 aliphatic rings. The molecule has 8 nitrogen and oxygen atoms in total. The van der Waals surface area contributed by atoms with E-state index < -0.39 is 10.0 Å². The minimum Gasteiger partial charge on any atom is -0.454 e. The van der Waals surface area contributed by atoms with E-state index in [9.17, 15) is 13.2 Å². The Bertz CT molecular complexity index is 1390. The number of sulfonamides is 1. The van der Waals surface area contributed by atoms with E-state index in [1.807, 2.05) is 36.6 Å². The highest BCUT2D eigenvalue weighted by Gasteiger charge is 2.32. The molecule has 202 valence electrons. The number of fused-ring (bicyclic) bond motifs is 1. The number of hydrogen-bond donors (Lipinski definition) is 0. The number of carbonyl (C=O) groups excluding carboxylic acids is 1. The lowest BCUT2D eigenvalue weighted by Gasteiger charge is -2.29. The number of hydrogen-bond acceptors (Lipinski definition) is 7. The third-order valence-electron chi connectivity index (χ3n) is 6.66. The van der Waals surface area contributed by atoms with E-state index in [0.29, 0.717) is 36.2 Å². The minimum absolute atomic E-state index is 0.0871. The summed E-state index contributed by atoms with van der Waals surface area (Å²) < 4.78 is 45.3. The lowest BCUT2D eigenvalue weighted by molar-refractivity contribution is -0.132. The van der Waals surface area contributed by atoms with Gasteiger partial charge in [-0.1, -0.05) is 17.7 Å². The van der Waals surface area contributed by atoms with Gasteiger partial charge in [-0.3, -0.25) is 4.79 Å². The topological polar surface area (TPSA) is 85.4 Å². The fourth-order valence-corrected chi connectivity index (χ4v) is 6.97. The van der Waals surface area contributed by atoms with Gasteiger partial charge in [-0.05, 0) is 78.7 Å². The van der Waals surface area contributed by atoms with Gasteiger partial charge in [0.05, 0.1) is 24.1 Å². The number of halogens is 1. The van der Waals surface area contributed by atoms with Gasteiger partial charge in [-0.2, -0.15) is 4.31 Å². The fourth-order valence-electron chi connectivity index (χ4n) is 4.50. The van der Waals surface area contributed by atoms with Crippen molar-refractivity contribution in [3.8, 4) is 11.5 Å². The maximum atomic E-state index is 13.8. The van der Waals surface area contributed by atoms with Crippen molar-refractivity contribution in [2.45, 2.75) is 43.9 Å². The molecule has 1 fully saturated rings. The summed E-state index contributed by atoms with van der Waals surface area (Å²) in [5, 5.41) is 2.43. The fraction of sp³-hybridized carbons (Fsp3) is 0.370. The monoisotopic (exact) mass is 576 g/mol. The Hall–Kier alpha value is -2.63.